The average Bonchev–Trinajstić information content (AvgIpc) is 3.20. The van der Waals surface area contributed by atoms with Crippen LogP contribution in [-0.4, -0.2) is 35.7 Å². The molecule has 2 heterocycles. The Bertz CT molecular complexity index is 1210. The van der Waals surface area contributed by atoms with Gasteiger partial charge in [0, 0.05) is 6.54 Å². The fraction of sp³-hybridized carbons (Fsp3) is 0.227. The molecule has 0 aliphatic carbocycles. The average molecular weight is 437 g/mol. The summed E-state index contributed by atoms with van der Waals surface area (Å²) in [5, 5.41) is 7.25. The van der Waals surface area contributed by atoms with Gasteiger partial charge >= 0.3 is 0 Å². The van der Waals surface area contributed by atoms with Gasteiger partial charge < -0.3 is 25.8 Å². The van der Waals surface area contributed by atoms with E-state index < -0.39 is 0 Å². The summed E-state index contributed by atoms with van der Waals surface area (Å²) >= 11 is 1.56. The van der Waals surface area contributed by atoms with Gasteiger partial charge in [0.1, 0.15) is 12.0 Å². The predicted octanol–water partition coefficient (Wildman–Crippen LogP) is 4.39. The number of anilines is 4. The first kappa shape index (κ1) is 20.7. The van der Waals surface area contributed by atoms with Gasteiger partial charge in [0.05, 0.1) is 24.4 Å². The number of aryl methyl sites for hydroxylation is 1. The minimum absolute atomic E-state index is 0.450. The maximum atomic E-state index is 6.31. The Balaban J connectivity index is 1.44. The summed E-state index contributed by atoms with van der Waals surface area (Å²) in [6.07, 6.45) is 2.25. The minimum atomic E-state index is 0.450. The molecule has 0 aliphatic heterocycles. The predicted molar refractivity (Wildman–Crippen MR) is 126 cm³/mol. The second-order valence-electron chi connectivity index (χ2n) is 6.92. The molecule has 0 bridgehead atoms. The van der Waals surface area contributed by atoms with E-state index in [4.69, 9.17) is 15.2 Å². The van der Waals surface area contributed by atoms with Gasteiger partial charge in [-0.15, -0.1) is 0 Å². The number of thiazole rings is 1. The number of nitrogen functional groups attached to an aromatic ring is 1. The van der Waals surface area contributed by atoms with Crippen molar-refractivity contribution >= 4 is 44.0 Å². The lowest BCUT2D eigenvalue weighted by Crippen LogP contribution is -2.10. The summed E-state index contributed by atoms with van der Waals surface area (Å²) < 4.78 is 11.8. The van der Waals surface area contributed by atoms with Crippen LogP contribution in [0.5, 0.6) is 11.5 Å². The molecule has 160 valence electrons. The van der Waals surface area contributed by atoms with Crippen LogP contribution < -0.4 is 25.8 Å². The first-order valence-corrected chi connectivity index (χ1v) is 10.6. The molecule has 0 amide bonds. The fourth-order valence-corrected chi connectivity index (χ4v) is 4.18. The molecular weight excluding hydrogens is 412 g/mol. The summed E-state index contributed by atoms with van der Waals surface area (Å²) in [5.41, 5.74) is 9.99. The van der Waals surface area contributed by atoms with Crippen molar-refractivity contribution in [2.24, 2.45) is 0 Å². The van der Waals surface area contributed by atoms with E-state index in [1.807, 2.05) is 37.3 Å². The van der Waals surface area contributed by atoms with Crippen molar-refractivity contribution in [2.75, 3.05) is 37.1 Å². The molecule has 2 aromatic carbocycles. The monoisotopic (exact) mass is 436 g/mol. The molecule has 4 N–H and O–H groups in total. The Hall–Kier alpha value is -3.59. The number of hydrogen-bond donors (Lipinski definition) is 3. The van der Waals surface area contributed by atoms with Crippen molar-refractivity contribution < 1.29 is 9.47 Å². The third-order valence-electron chi connectivity index (χ3n) is 4.88. The molecule has 0 fully saturated rings. The van der Waals surface area contributed by atoms with E-state index in [1.54, 1.807) is 25.6 Å². The summed E-state index contributed by atoms with van der Waals surface area (Å²) in [7, 11) is 3.25. The van der Waals surface area contributed by atoms with Gasteiger partial charge in [-0.05, 0) is 42.7 Å². The third kappa shape index (κ3) is 4.46. The van der Waals surface area contributed by atoms with Crippen molar-refractivity contribution in [3.63, 3.8) is 0 Å². The molecule has 31 heavy (non-hydrogen) atoms. The van der Waals surface area contributed by atoms with Crippen LogP contribution in [0.2, 0.25) is 0 Å². The number of methoxy groups -OCH3 is 2. The molecule has 0 atom stereocenters. The highest BCUT2D eigenvalue weighted by molar-refractivity contribution is 7.22. The maximum absolute atomic E-state index is 6.31. The van der Waals surface area contributed by atoms with Crippen molar-refractivity contribution in [1.82, 2.24) is 15.0 Å². The molecule has 0 saturated carbocycles. The fourth-order valence-electron chi connectivity index (χ4n) is 3.24. The number of rotatable bonds is 8. The molecule has 0 unspecified atom stereocenters. The van der Waals surface area contributed by atoms with Crippen molar-refractivity contribution in [2.45, 2.75) is 13.3 Å². The number of nitrogens with zero attached hydrogens (tertiary/aromatic N) is 3. The molecule has 4 aromatic rings. The van der Waals surface area contributed by atoms with Gasteiger partial charge in [-0.25, -0.2) is 15.0 Å². The normalized spacial score (nSPS) is 10.8. The number of nitrogens with two attached hydrogens (primary N) is 1. The zero-order valence-electron chi connectivity index (χ0n) is 17.6. The summed E-state index contributed by atoms with van der Waals surface area (Å²) in [5.74, 6) is 2.52. The van der Waals surface area contributed by atoms with Crippen molar-refractivity contribution in [3.8, 4) is 11.5 Å². The topological polar surface area (TPSA) is 107 Å². The Morgan fingerprint density at radius 2 is 1.84 bits per heavy atom. The first-order valence-electron chi connectivity index (χ1n) is 9.77. The highest BCUT2D eigenvalue weighted by Gasteiger charge is 2.12. The molecule has 9 heteroatoms. The molecule has 0 aliphatic rings. The molecule has 0 radical (unpaired) electrons. The van der Waals surface area contributed by atoms with E-state index in [2.05, 4.69) is 31.7 Å². The number of hydrogen-bond acceptors (Lipinski definition) is 9. The van der Waals surface area contributed by atoms with E-state index in [-0.39, 0.29) is 0 Å². The van der Waals surface area contributed by atoms with Crippen LogP contribution in [0.4, 0.5) is 22.5 Å². The quantitative estimate of drug-likeness (QED) is 0.373. The van der Waals surface area contributed by atoms with Gasteiger partial charge in [-0.3, -0.25) is 0 Å². The highest BCUT2D eigenvalue weighted by atomic mass is 32.1. The lowest BCUT2D eigenvalue weighted by Gasteiger charge is -2.12. The number of aromatic nitrogens is 3. The van der Waals surface area contributed by atoms with Gasteiger partial charge in [-0.2, -0.15) is 0 Å². The van der Waals surface area contributed by atoms with Gasteiger partial charge in [0.15, 0.2) is 28.3 Å². The lowest BCUT2D eigenvalue weighted by molar-refractivity contribution is 0.354. The van der Waals surface area contributed by atoms with Crippen LogP contribution in [-0.2, 0) is 6.42 Å². The van der Waals surface area contributed by atoms with Crippen LogP contribution in [0.1, 0.15) is 11.1 Å². The van der Waals surface area contributed by atoms with E-state index >= 15 is 0 Å². The SMILES string of the molecule is COc1ccc(CCNc2ncnc(Nc3nc4c(C)cccc4s3)c2N)cc1OC. The maximum Gasteiger partial charge on any atom is 0.189 e. The molecule has 2 aromatic heterocycles. The third-order valence-corrected chi connectivity index (χ3v) is 5.82. The lowest BCUT2D eigenvalue weighted by atomic mass is 10.1. The van der Waals surface area contributed by atoms with Gasteiger partial charge in [0.25, 0.3) is 0 Å². The number of para-hydroxylation sites is 1. The number of nitrogens with one attached hydrogen (secondary N) is 2. The second-order valence-corrected chi connectivity index (χ2v) is 7.95. The minimum Gasteiger partial charge on any atom is -0.493 e. The molecule has 4 rings (SSSR count). The zero-order chi connectivity index (χ0) is 21.8. The Kier molecular flexibility index (Phi) is 6.03. The first-order chi connectivity index (χ1) is 15.1. The van der Waals surface area contributed by atoms with Crippen LogP contribution in [0, 0.1) is 6.92 Å². The van der Waals surface area contributed by atoms with Gasteiger partial charge in [-0.1, -0.05) is 29.5 Å². The van der Waals surface area contributed by atoms with E-state index in [0.717, 1.165) is 32.9 Å². The Labute approximate surface area is 184 Å². The van der Waals surface area contributed by atoms with E-state index in [1.165, 1.54) is 6.33 Å². The van der Waals surface area contributed by atoms with E-state index in [9.17, 15) is 0 Å². The number of fused-ring (bicyclic) bond motifs is 1. The molecule has 8 nitrogen and oxygen atoms in total. The zero-order valence-corrected chi connectivity index (χ0v) is 18.4. The smallest absolute Gasteiger partial charge is 0.189 e. The number of ether oxygens (including phenoxy) is 2. The summed E-state index contributed by atoms with van der Waals surface area (Å²) in [6, 6.07) is 12.0. The van der Waals surface area contributed by atoms with Crippen LogP contribution in [0.25, 0.3) is 10.2 Å². The van der Waals surface area contributed by atoms with E-state index in [0.29, 0.717) is 35.4 Å². The van der Waals surface area contributed by atoms with Crippen molar-refractivity contribution in [1.29, 1.82) is 0 Å². The number of benzene rings is 2. The Morgan fingerprint density at radius 1 is 1.03 bits per heavy atom. The van der Waals surface area contributed by atoms with Gasteiger partial charge in [0.2, 0.25) is 0 Å². The van der Waals surface area contributed by atoms with Crippen LogP contribution in [0.3, 0.4) is 0 Å². The van der Waals surface area contributed by atoms with Crippen LogP contribution in [0.15, 0.2) is 42.7 Å². The van der Waals surface area contributed by atoms with Crippen molar-refractivity contribution in [3.05, 3.63) is 53.9 Å². The summed E-state index contributed by atoms with van der Waals surface area (Å²) in [4.78, 5) is 13.2. The van der Waals surface area contributed by atoms with Crippen LogP contribution >= 0.6 is 11.3 Å². The molecule has 0 spiro atoms. The second kappa shape index (κ2) is 9.05. The molecular formula is C22H24N6O2S. The molecule has 0 saturated heterocycles. The Morgan fingerprint density at radius 3 is 2.61 bits per heavy atom. The highest BCUT2D eigenvalue weighted by Crippen LogP contribution is 2.32. The standard InChI is InChI=1S/C22H24N6O2S/c1-13-5-4-6-17-19(13)27-22(31-17)28-21-18(23)20(25-12-26-21)24-10-9-14-7-8-15(29-2)16(11-14)30-3/h4-8,11-12H,9-10,23H2,1-3H3,(H2,24,25,26,27,28). The summed E-state index contributed by atoms with van der Waals surface area (Å²) in [6.45, 7) is 2.70. The largest absolute Gasteiger partial charge is 0.493 e.